The Morgan fingerprint density at radius 3 is 2.56 bits per heavy atom. The number of hydrogen-bond acceptors (Lipinski definition) is 2. The molecule has 1 amide bonds. The van der Waals surface area contributed by atoms with Gasteiger partial charge < -0.3 is 9.88 Å². The fourth-order valence-electron chi connectivity index (χ4n) is 1.20. The summed E-state index contributed by atoms with van der Waals surface area (Å²) in [6.07, 6.45) is 2.40. The van der Waals surface area contributed by atoms with E-state index in [2.05, 4.69) is 5.32 Å². The lowest BCUT2D eigenvalue weighted by Crippen LogP contribution is -2.43. The molecule has 0 aromatic carbocycles. The monoisotopic (exact) mass is 222 g/mol. The number of carbonyl (C=O) groups excluding carboxylic acids is 1. The summed E-state index contributed by atoms with van der Waals surface area (Å²) < 4.78 is 1.40. The number of nitrogens with zero attached hydrogens (tertiary/aromatic N) is 1. The lowest BCUT2D eigenvalue weighted by molar-refractivity contribution is 0.0910. The van der Waals surface area contributed by atoms with Gasteiger partial charge in [-0.05, 0) is 26.3 Å². The van der Waals surface area contributed by atoms with E-state index in [1.54, 1.807) is 19.3 Å². The first-order chi connectivity index (χ1) is 7.35. The summed E-state index contributed by atoms with van der Waals surface area (Å²) in [5.41, 5.74) is 0.154. The Balaban J connectivity index is 2.89. The first kappa shape index (κ1) is 12.5. The van der Waals surface area contributed by atoms with E-state index < -0.39 is 0 Å². The van der Waals surface area contributed by atoms with Gasteiger partial charge in [0.15, 0.2) is 0 Å². The topological polar surface area (TPSA) is 51.1 Å². The first-order valence-electron chi connectivity index (χ1n) is 5.35. The highest BCUT2D eigenvalue weighted by Gasteiger charge is 2.18. The molecule has 0 saturated heterocycles. The summed E-state index contributed by atoms with van der Waals surface area (Å²) >= 11 is 0. The minimum Gasteiger partial charge on any atom is -0.347 e. The van der Waals surface area contributed by atoms with Crippen LogP contribution in [0.3, 0.4) is 0 Å². The number of amides is 1. The summed E-state index contributed by atoms with van der Waals surface area (Å²) in [5.74, 6) is -0.151. The molecule has 1 aromatic rings. The van der Waals surface area contributed by atoms with Crippen LogP contribution >= 0.6 is 0 Å². The maximum absolute atomic E-state index is 11.9. The summed E-state index contributed by atoms with van der Waals surface area (Å²) in [7, 11) is 1.63. The molecule has 0 spiro atoms. The van der Waals surface area contributed by atoms with Crippen LogP contribution in [0.25, 0.3) is 0 Å². The van der Waals surface area contributed by atoms with Crippen molar-refractivity contribution < 1.29 is 4.79 Å². The van der Waals surface area contributed by atoms with Crippen LogP contribution in [-0.2, 0) is 7.05 Å². The molecule has 0 aliphatic rings. The Hall–Kier alpha value is -1.58. The molecule has 88 valence electrons. The normalized spacial score (nSPS) is 11.2. The van der Waals surface area contributed by atoms with Gasteiger partial charge in [0.25, 0.3) is 5.91 Å². The average Bonchev–Trinajstić information content (AvgIpc) is 2.21. The van der Waals surface area contributed by atoms with Crippen molar-refractivity contribution in [1.82, 2.24) is 9.88 Å². The molecular formula is C12H18N2O2. The van der Waals surface area contributed by atoms with Gasteiger partial charge in [0.05, 0.1) is 5.56 Å². The van der Waals surface area contributed by atoms with Crippen LogP contribution in [0, 0.1) is 0 Å². The Bertz CT molecular complexity index is 447. The van der Waals surface area contributed by atoms with Crippen LogP contribution < -0.4 is 10.9 Å². The summed E-state index contributed by atoms with van der Waals surface area (Å²) in [6, 6.07) is 2.94. The second kappa shape index (κ2) is 4.51. The molecule has 0 fully saturated rings. The third-order valence-corrected chi connectivity index (χ3v) is 2.68. The molecule has 0 aliphatic carbocycles. The van der Waals surface area contributed by atoms with Gasteiger partial charge in [0, 0.05) is 24.8 Å². The van der Waals surface area contributed by atoms with Crippen LogP contribution in [0.5, 0.6) is 0 Å². The summed E-state index contributed by atoms with van der Waals surface area (Å²) in [5, 5.41) is 2.91. The molecule has 1 rings (SSSR count). The van der Waals surface area contributed by atoms with E-state index in [0.29, 0.717) is 5.56 Å². The summed E-state index contributed by atoms with van der Waals surface area (Å²) in [6.45, 7) is 5.95. The highest BCUT2D eigenvalue weighted by molar-refractivity contribution is 5.94. The van der Waals surface area contributed by atoms with Crippen molar-refractivity contribution in [2.75, 3.05) is 0 Å². The van der Waals surface area contributed by atoms with Gasteiger partial charge in [-0.1, -0.05) is 6.92 Å². The van der Waals surface area contributed by atoms with Crippen molar-refractivity contribution in [2.24, 2.45) is 7.05 Å². The highest BCUT2D eigenvalue weighted by Crippen LogP contribution is 2.08. The predicted molar refractivity (Wildman–Crippen MR) is 63.5 cm³/mol. The van der Waals surface area contributed by atoms with Gasteiger partial charge in [0.1, 0.15) is 0 Å². The van der Waals surface area contributed by atoms with Crippen LogP contribution in [-0.4, -0.2) is 16.0 Å². The van der Waals surface area contributed by atoms with E-state index in [9.17, 15) is 9.59 Å². The van der Waals surface area contributed by atoms with Gasteiger partial charge in [-0.15, -0.1) is 0 Å². The second-order valence-electron chi connectivity index (χ2n) is 4.56. The van der Waals surface area contributed by atoms with Crippen molar-refractivity contribution in [1.29, 1.82) is 0 Å². The van der Waals surface area contributed by atoms with Gasteiger partial charge in [-0.3, -0.25) is 9.59 Å². The zero-order chi connectivity index (χ0) is 12.3. The number of aryl methyl sites for hydroxylation is 1. The Kier molecular flexibility index (Phi) is 3.52. The fourth-order valence-corrected chi connectivity index (χ4v) is 1.20. The standard InChI is InChI=1S/C12H18N2O2/c1-5-12(2,3)13-11(16)9-6-7-10(15)14(4)8-9/h6-8H,5H2,1-4H3,(H,13,16). The van der Waals surface area contributed by atoms with E-state index in [-0.39, 0.29) is 17.0 Å². The number of hydrogen-bond donors (Lipinski definition) is 1. The minimum absolute atomic E-state index is 0.119. The molecule has 0 bridgehead atoms. The molecule has 1 N–H and O–H groups in total. The number of rotatable bonds is 3. The molecule has 1 aromatic heterocycles. The molecule has 4 heteroatoms. The number of pyridine rings is 1. The zero-order valence-corrected chi connectivity index (χ0v) is 10.2. The summed E-state index contributed by atoms with van der Waals surface area (Å²) in [4.78, 5) is 23.0. The largest absolute Gasteiger partial charge is 0.347 e. The van der Waals surface area contributed by atoms with E-state index >= 15 is 0 Å². The van der Waals surface area contributed by atoms with E-state index in [1.807, 2.05) is 20.8 Å². The third-order valence-electron chi connectivity index (χ3n) is 2.68. The maximum Gasteiger partial charge on any atom is 0.253 e. The van der Waals surface area contributed by atoms with Gasteiger partial charge in [-0.25, -0.2) is 0 Å². The fraction of sp³-hybridized carbons (Fsp3) is 0.500. The van der Waals surface area contributed by atoms with Crippen LogP contribution in [0.2, 0.25) is 0 Å². The molecule has 0 unspecified atom stereocenters. The first-order valence-corrected chi connectivity index (χ1v) is 5.35. The van der Waals surface area contributed by atoms with Crippen LogP contribution in [0.15, 0.2) is 23.1 Å². The van der Waals surface area contributed by atoms with E-state index in [0.717, 1.165) is 6.42 Å². The molecular weight excluding hydrogens is 204 g/mol. The predicted octanol–water partition coefficient (Wildman–Crippen LogP) is 1.30. The van der Waals surface area contributed by atoms with Crippen molar-refractivity contribution in [3.8, 4) is 0 Å². The van der Waals surface area contributed by atoms with Crippen molar-refractivity contribution in [2.45, 2.75) is 32.7 Å². The molecule has 1 heterocycles. The highest BCUT2D eigenvalue weighted by atomic mass is 16.2. The average molecular weight is 222 g/mol. The third kappa shape index (κ3) is 2.95. The molecule has 16 heavy (non-hydrogen) atoms. The second-order valence-corrected chi connectivity index (χ2v) is 4.56. The Morgan fingerprint density at radius 1 is 1.44 bits per heavy atom. The van der Waals surface area contributed by atoms with Gasteiger partial charge >= 0.3 is 0 Å². The van der Waals surface area contributed by atoms with E-state index in [1.165, 1.54) is 10.6 Å². The van der Waals surface area contributed by atoms with Crippen molar-refractivity contribution in [3.05, 3.63) is 34.2 Å². The number of nitrogens with one attached hydrogen (secondary N) is 1. The van der Waals surface area contributed by atoms with E-state index in [4.69, 9.17) is 0 Å². The Morgan fingerprint density at radius 2 is 2.06 bits per heavy atom. The molecule has 0 atom stereocenters. The maximum atomic E-state index is 11.9. The van der Waals surface area contributed by atoms with Crippen molar-refractivity contribution in [3.63, 3.8) is 0 Å². The Labute approximate surface area is 95.3 Å². The van der Waals surface area contributed by atoms with Gasteiger partial charge in [0.2, 0.25) is 5.56 Å². The zero-order valence-electron chi connectivity index (χ0n) is 10.2. The van der Waals surface area contributed by atoms with Gasteiger partial charge in [-0.2, -0.15) is 0 Å². The molecule has 0 radical (unpaired) electrons. The number of carbonyl (C=O) groups is 1. The molecule has 0 aliphatic heterocycles. The molecule has 4 nitrogen and oxygen atoms in total. The van der Waals surface area contributed by atoms with Crippen LogP contribution in [0.1, 0.15) is 37.6 Å². The quantitative estimate of drug-likeness (QED) is 0.838. The van der Waals surface area contributed by atoms with Crippen molar-refractivity contribution >= 4 is 5.91 Å². The lowest BCUT2D eigenvalue weighted by atomic mass is 10.0. The lowest BCUT2D eigenvalue weighted by Gasteiger charge is -2.24. The van der Waals surface area contributed by atoms with Crippen LogP contribution in [0.4, 0.5) is 0 Å². The smallest absolute Gasteiger partial charge is 0.253 e. The molecule has 0 saturated carbocycles. The minimum atomic E-state index is -0.230. The number of aromatic nitrogens is 1. The SMILES string of the molecule is CCC(C)(C)NC(=O)c1ccc(=O)n(C)c1.